The number of hydrogen-bond donors (Lipinski definition) is 2. The van der Waals surface area contributed by atoms with Gasteiger partial charge in [0.15, 0.2) is 0 Å². The molecule has 0 heterocycles. The van der Waals surface area contributed by atoms with E-state index in [1.807, 2.05) is 0 Å². The van der Waals surface area contributed by atoms with Crippen molar-refractivity contribution in [3.63, 3.8) is 0 Å². The normalized spacial score (nSPS) is 12.5. The number of ether oxygens (including phenoxy) is 1. The Balaban J connectivity index is 2.50. The average molecular weight is 234 g/mol. The van der Waals surface area contributed by atoms with Gasteiger partial charge in [0, 0.05) is 18.7 Å². The van der Waals surface area contributed by atoms with Gasteiger partial charge >= 0.3 is 0 Å². The maximum absolute atomic E-state index is 13.2. The summed E-state index contributed by atoms with van der Waals surface area (Å²) >= 11 is 5.59. The summed E-state index contributed by atoms with van der Waals surface area (Å²) in [5, 5.41) is 12.4. The fourth-order valence-electron chi connectivity index (χ4n) is 1.11. The largest absolute Gasteiger partial charge is 0.389 e. The Morgan fingerprint density at radius 1 is 1.60 bits per heavy atom. The molecule has 15 heavy (non-hydrogen) atoms. The van der Waals surface area contributed by atoms with Crippen molar-refractivity contribution in [2.24, 2.45) is 0 Å². The monoisotopic (exact) mass is 233 g/mol. The highest BCUT2D eigenvalue weighted by Gasteiger charge is 2.06. The van der Waals surface area contributed by atoms with Crippen molar-refractivity contribution in [2.75, 3.05) is 25.6 Å². The van der Waals surface area contributed by atoms with Gasteiger partial charge < -0.3 is 15.2 Å². The molecule has 0 aromatic heterocycles. The average Bonchev–Trinajstić information content (AvgIpc) is 2.17. The van der Waals surface area contributed by atoms with Gasteiger partial charge in [-0.25, -0.2) is 4.39 Å². The fourth-order valence-corrected chi connectivity index (χ4v) is 1.27. The number of anilines is 1. The van der Waals surface area contributed by atoms with Crippen LogP contribution < -0.4 is 5.32 Å². The molecule has 0 radical (unpaired) electrons. The van der Waals surface area contributed by atoms with Gasteiger partial charge in [0.05, 0.1) is 18.4 Å². The summed E-state index contributed by atoms with van der Waals surface area (Å²) in [5.41, 5.74) is 0.314. The summed E-state index contributed by atoms with van der Waals surface area (Å²) in [5.74, 6) is -0.438. The van der Waals surface area contributed by atoms with Gasteiger partial charge in [-0.2, -0.15) is 0 Å². The topological polar surface area (TPSA) is 41.5 Å². The summed E-state index contributed by atoms with van der Waals surface area (Å²) in [7, 11) is 1.49. The first-order valence-corrected chi connectivity index (χ1v) is 4.87. The molecule has 2 N–H and O–H groups in total. The first kappa shape index (κ1) is 12.2. The van der Waals surface area contributed by atoms with Crippen LogP contribution in [0.5, 0.6) is 0 Å². The summed E-state index contributed by atoms with van der Waals surface area (Å²) in [6, 6.07) is 4.32. The van der Waals surface area contributed by atoms with Gasteiger partial charge in [-0.05, 0) is 18.2 Å². The first-order chi connectivity index (χ1) is 7.13. The third-order valence-corrected chi connectivity index (χ3v) is 2.05. The third-order valence-electron chi connectivity index (χ3n) is 1.82. The molecule has 0 saturated carbocycles. The molecule has 0 bridgehead atoms. The van der Waals surface area contributed by atoms with Crippen molar-refractivity contribution in [2.45, 2.75) is 6.10 Å². The van der Waals surface area contributed by atoms with E-state index in [0.29, 0.717) is 10.7 Å². The number of benzene rings is 1. The molecule has 1 aromatic carbocycles. The Hall–Kier alpha value is -0.840. The van der Waals surface area contributed by atoms with Crippen LogP contribution in [0.4, 0.5) is 10.1 Å². The smallest absolute Gasteiger partial charge is 0.147 e. The zero-order valence-electron chi connectivity index (χ0n) is 8.34. The van der Waals surface area contributed by atoms with E-state index in [2.05, 4.69) is 5.32 Å². The van der Waals surface area contributed by atoms with Gasteiger partial charge in [0.1, 0.15) is 5.82 Å². The molecule has 1 aromatic rings. The van der Waals surface area contributed by atoms with E-state index in [1.54, 1.807) is 6.07 Å². The van der Waals surface area contributed by atoms with Crippen molar-refractivity contribution >= 4 is 17.3 Å². The van der Waals surface area contributed by atoms with Gasteiger partial charge in [0.2, 0.25) is 0 Å². The predicted octanol–water partition coefficient (Wildman–Crippen LogP) is 1.90. The Morgan fingerprint density at radius 2 is 2.33 bits per heavy atom. The van der Waals surface area contributed by atoms with Crippen LogP contribution in [0.3, 0.4) is 0 Å². The van der Waals surface area contributed by atoms with Gasteiger partial charge in [-0.1, -0.05) is 11.6 Å². The molecule has 1 rings (SSSR count). The number of hydrogen-bond acceptors (Lipinski definition) is 3. The SMILES string of the molecule is COCC(O)CNc1ccc(Cl)cc1F. The van der Waals surface area contributed by atoms with Crippen molar-refractivity contribution in [3.05, 3.63) is 29.0 Å². The van der Waals surface area contributed by atoms with E-state index in [-0.39, 0.29) is 13.2 Å². The second-order valence-corrected chi connectivity index (χ2v) is 3.55. The molecule has 0 spiro atoms. The van der Waals surface area contributed by atoms with Crippen molar-refractivity contribution in [3.8, 4) is 0 Å². The van der Waals surface area contributed by atoms with Crippen LogP contribution in [0, 0.1) is 5.82 Å². The molecule has 1 unspecified atom stereocenters. The zero-order valence-corrected chi connectivity index (χ0v) is 9.09. The van der Waals surface area contributed by atoms with E-state index >= 15 is 0 Å². The molecule has 5 heteroatoms. The van der Waals surface area contributed by atoms with Gasteiger partial charge in [0.25, 0.3) is 0 Å². The lowest BCUT2D eigenvalue weighted by Gasteiger charge is -2.12. The van der Waals surface area contributed by atoms with Crippen molar-refractivity contribution in [1.29, 1.82) is 0 Å². The number of nitrogens with one attached hydrogen (secondary N) is 1. The van der Waals surface area contributed by atoms with E-state index in [1.165, 1.54) is 19.2 Å². The quantitative estimate of drug-likeness (QED) is 0.816. The Labute approximate surface area is 92.8 Å². The predicted molar refractivity (Wildman–Crippen MR) is 57.8 cm³/mol. The summed E-state index contributed by atoms with van der Waals surface area (Å²) in [6.07, 6.45) is -0.662. The van der Waals surface area contributed by atoms with Gasteiger partial charge in [-0.3, -0.25) is 0 Å². The second kappa shape index (κ2) is 5.90. The van der Waals surface area contributed by atoms with E-state index in [0.717, 1.165) is 0 Å². The van der Waals surface area contributed by atoms with Crippen LogP contribution in [-0.4, -0.2) is 31.5 Å². The maximum atomic E-state index is 13.2. The molecule has 0 aliphatic heterocycles. The number of aliphatic hydroxyl groups excluding tert-OH is 1. The molecule has 0 aliphatic rings. The molecule has 0 amide bonds. The fraction of sp³-hybridized carbons (Fsp3) is 0.400. The van der Waals surface area contributed by atoms with Crippen molar-refractivity contribution < 1.29 is 14.2 Å². The van der Waals surface area contributed by atoms with Crippen molar-refractivity contribution in [1.82, 2.24) is 0 Å². The van der Waals surface area contributed by atoms with Crippen LogP contribution in [0.2, 0.25) is 5.02 Å². The van der Waals surface area contributed by atoms with E-state index in [4.69, 9.17) is 16.3 Å². The van der Waals surface area contributed by atoms with Crippen LogP contribution in [0.1, 0.15) is 0 Å². The maximum Gasteiger partial charge on any atom is 0.147 e. The van der Waals surface area contributed by atoms with E-state index < -0.39 is 11.9 Å². The highest BCUT2D eigenvalue weighted by Crippen LogP contribution is 2.18. The minimum atomic E-state index is -0.662. The first-order valence-electron chi connectivity index (χ1n) is 4.49. The highest BCUT2D eigenvalue weighted by molar-refractivity contribution is 6.30. The number of halogens is 2. The minimum absolute atomic E-state index is 0.211. The van der Waals surface area contributed by atoms with Crippen LogP contribution in [-0.2, 0) is 4.74 Å². The molecule has 0 fully saturated rings. The van der Waals surface area contributed by atoms with E-state index in [9.17, 15) is 9.50 Å². The number of methoxy groups -OCH3 is 1. The minimum Gasteiger partial charge on any atom is -0.389 e. The molecular weight excluding hydrogens is 221 g/mol. The Bertz CT molecular complexity index is 322. The van der Waals surface area contributed by atoms with Crippen LogP contribution >= 0.6 is 11.6 Å². The third kappa shape index (κ3) is 4.03. The Morgan fingerprint density at radius 3 is 2.93 bits per heavy atom. The lowest BCUT2D eigenvalue weighted by molar-refractivity contribution is 0.0727. The lowest BCUT2D eigenvalue weighted by atomic mass is 10.3. The van der Waals surface area contributed by atoms with Crippen LogP contribution in [0.15, 0.2) is 18.2 Å². The Kier molecular flexibility index (Phi) is 4.81. The summed E-state index contributed by atoms with van der Waals surface area (Å²) in [4.78, 5) is 0. The molecule has 84 valence electrons. The number of rotatable bonds is 5. The standard InChI is InChI=1S/C10H13ClFNO2/c1-15-6-8(14)5-13-10-3-2-7(11)4-9(10)12/h2-4,8,13-14H,5-6H2,1H3. The molecule has 3 nitrogen and oxygen atoms in total. The zero-order chi connectivity index (χ0) is 11.3. The molecule has 0 saturated heterocycles. The number of aliphatic hydroxyl groups is 1. The highest BCUT2D eigenvalue weighted by atomic mass is 35.5. The lowest BCUT2D eigenvalue weighted by Crippen LogP contribution is -2.24. The molecule has 0 aliphatic carbocycles. The van der Waals surface area contributed by atoms with Gasteiger partial charge in [-0.15, -0.1) is 0 Å². The molecular formula is C10H13ClFNO2. The summed E-state index contributed by atoms with van der Waals surface area (Å²) in [6.45, 7) is 0.439. The van der Waals surface area contributed by atoms with Crippen LogP contribution in [0.25, 0.3) is 0 Å². The molecule has 1 atom stereocenters. The summed E-state index contributed by atoms with van der Waals surface area (Å²) < 4.78 is 18.0. The second-order valence-electron chi connectivity index (χ2n) is 3.11.